The van der Waals surface area contributed by atoms with Crippen molar-refractivity contribution in [3.05, 3.63) is 66.6 Å². The fourth-order valence-corrected chi connectivity index (χ4v) is 9.53. The van der Waals surface area contributed by atoms with Crippen LogP contribution in [0.3, 0.4) is 0 Å². The normalized spacial score (nSPS) is 22.0. The number of fused-ring (bicyclic) bond motifs is 3. The van der Waals surface area contributed by atoms with Gasteiger partial charge in [0.15, 0.2) is 0 Å². The quantitative estimate of drug-likeness (QED) is 0.148. The van der Waals surface area contributed by atoms with E-state index in [0.717, 1.165) is 89.5 Å². The molecule has 0 aliphatic carbocycles. The Morgan fingerprint density at radius 1 is 0.788 bits per heavy atom. The second-order valence-corrected chi connectivity index (χ2v) is 17.5. The van der Waals surface area contributed by atoms with E-state index >= 15 is 0 Å². The van der Waals surface area contributed by atoms with Gasteiger partial charge in [-0.2, -0.15) is 0 Å². The van der Waals surface area contributed by atoms with Gasteiger partial charge in [-0.1, -0.05) is 78.8 Å². The molecule has 3 fully saturated rings. The second-order valence-electron chi connectivity index (χ2n) is 16.1. The molecule has 0 spiro atoms. The van der Waals surface area contributed by atoms with Gasteiger partial charge in [0.1, 0.15) is 15.9 Å². The molecule has 3 aliphatic heterocycles. The van der Waals surface area contributed by atoms with Crippen molar-refractivity contribution >= 4 is 51.3 Å². The van der Waals surface area contributed by atoms with Crippen LogP contribution in [0.5, 0.6) is 0 Å². The van der Waals surface area contributed by atoms with Crippen molar-refractivity contribution in [2.75, 3.05) is 24.6 Å². The summed E-state index contributed by atoms with van der Waals surface area (Å²) >= 11 is 1.88. The maximum atomic E-state index is 13.6. The van der Waals surface area contributed by atoms with Crippen LogP contribution in [0.2, 0.25) is 0 Å². The summed E-state index contributed by atoms with van der Waals surface area (Å²) in [6.07, 6.45) is 4.91. The second kappa shape index (κ2) is 13.3. The lowest BCUT2D eigenvalue weighted by molar-refractivity contribution is -0.138. The van der Waals surface area contributed by atoms with Gasteiger partial charge in [0.25, 0.3) is 0 Å². The van der Waals surface area contributed by atoms with E-state index in [9.17, 15) is 9.59 Å². The molecule has 0 bridgehead atoms. The number of carbonyl (C=O) groups excluding carboxylic acids is 2. The Bertz CT molecular complexity index is 2150. The predicted octanol–water partition coefficient (Wildman–Crippen LogP) is 8.84. The van der Waals surface area contributed by atoms with E-state index in [0.29, 0.717) is 11.8 Å². The number of amides is 2. The van der Waals surface area contributed by atoms with Crippen molar-refractivity contribution < 1.29 is 9.59 Å². The fourth-order valence-electron chi connectivity index (χ4n) is 8.03. The number of nitrogens with zero attached hydrogens (tertiary/aromatic N) is 5. The Morgan fingerprint density at radius 2 is 1.50 bits per heavy atom. The van der Waals surface area contributed by atoms with Gasteiger partial charge in [0.05, 0.1) is 22.9 Å². The number of carbonyl (C=O) groups is 2. The predicted molar refractivity (Wildman–Crippen MR) is 211 cm³/mol. The summed E-state index contributed by atoms with van der Waals surface area (Å²) in [7, 11) is 0. The number of rotatable bonds is 9. The van der Waals surface area contributed by atoms with Crippen molar-refractivity contribution in [1.29, 1.82) is 0 Å². The molecule has 3 aromatic carbocycles. The Morgan fingerprint density at radius 3 is 2.25 bits per heavy atom. The highest BCUT2D eigenvalue weighted by atomic mass is 32.2. The zero-order valence-electron chi connectivity index (χ0n) is 31.4. The molecule has 10 heteroatoms. The van der Waals surface area contributed by atoms with Crippen molar-refractivity contribution in [3.8, 4) is 22.4 Å². The van der Waals surface area contributed by atoms with E-state index in [-0.39, 0.29) is 39.7 Å². The summed E-state index contributed by atoms with van der Waals surface area (Å²) in [5.41, 5.74) is 6.19. The van der Waals surface area contributed by atoms with E-state index in [2.05, 4.69) is 111 Å². The van der Waals surface area contributed by atoms with Gasteiger partial charge in [-0.25, -0.2) is 9.97 Å². The van der Waals surface area contributed by atoms with Crippen LogP contribution in [0.15, 0.2) is 60.8 Å². The Labute approximate surface area is 310 Å². The highest BCUT2D eigenvalue weighted by molar-refractivity contribution is 8.08. The monoisotopic (exact) mass is 717 g/mol. The Balaban J connectivity index is 0.990. The topological polar surface area (TPSA) is 101 Å². The van der Waals surface area contributed by atoms with E-state index < -0.39 is 0 Å². The van der Waals surface area contributed by atoms with Crippen LogP contribution < -0.4 is 5.01 Å². The van der Waals surface area contributed by atoms with Gasteiger partial charge in [-0.3, -0.25) is 19.6 Å². The molecular weight excluding hydrogens is 667 g/mol. The van der Waals surface area contributed by atoms with E-state index in [1.807, 2.05) is 34.9 Å². The van der Waals surface area contributed by atoms with Gasteiger partial charge >= 0.3 is 0 Å². The lowest BCUT2D eigenvalue weighted by atomic mass is 9.84. The molecule has 5 aromatic rings. The van der Waals surface area contributed by atoms with Crippen molar-refractivity contribution in [2.24, 2.45) is 29.6 Å². The maximum Gasteiger partial charge on any atom is 0.244 e. The molecule has 2 amide bonds. The molecule has 272 valence electrons. The zero-order valence-corrected chi connectivity index (χ0v) is 32.3. The molecule has 9 nitrogen and oxygen atoms in total. The number of hydrogen-bond donors (Lipinski definition) is 2. The van der Waals surface area contributed by atoms with Crippen LogP contribution in [-0.4, -0.2) is 66.7 Å². The molecule has 2 aromatic heterocycles. The molecule has 3 aliphatic rings. The Hall–Kier alpha value is -4.31. The zero-order chi connectivity index (χ0) is 36.5. The van der Waals surface area contributed by atoms with Crippen molar-refractivity contribution in [2.45, 2.75) is 77.8 Å². The molecule has 2 N–H and O–H groups in total. The number of hydrazine groups is 1. The molecule has 5 heterocycles. The van der Waals surface area contributed by atoms with Gasteiger partial charge in [-0.05, 0) is 83.2 Å². The molecule has 0 saturated carbocycles. The SMILES string of the molecule is CC(C)C(C)C(=O)N1CCCN1c1nc2ccc(-c3ccc4cc(-c5cnc(C67CCCN(C(=O)C(C)C(C)C(C)C)C6S7)[nH]5)ccc4c3)cc2[nH]1. The summed E-state index contributed by atoms with van der Waals surface area (Å²) in [5, 5.41) is 6.37. The summed E-state index contributed by atoms with van der Waals surface area (Å²) < 4.78 is -0.132. The lowest BCUT2D eigenvalue weighted by Crippen LogP contribution is -2.45. The summed E-state index contributed by atoms with van der Waals surface area (Å²) in [6.45, 7) is 17.2. The standard InChI is InChI=1S/C42H51N7O2S/c1-24(2)26(5)28(7)37(50)47-17-8-16-42(40(47)52-42)39-43-23-36(44-39)33-13-12-29-20-30(10-11-31(29)21-33)32-14-15-34-35(22-32)46-41(45-34)49-19-9-18-48(49)38(51)27(6)25(3)4/h10-15,20-28,40H,8-9,16-19H2,1-7H3,(H,43,44)(H,45,46). The van der Waals surface area contributed by atoms with Crippen LogP contribution in [0.1, 0.15) is 73.6 Å². The lowest BCUT2D eigenvalue weighted by Gasteiger charge is -2.33. The van der Waals surface area contributed by atoms with Crippen LogP contribution in [0.25, 0.3) is 44.2 Å². The molecule has 8 rings (SSSR count). The van der Waals surface area contributed by atoms with Gasteiger partial charge in [-0.15, -0.1) is 11.8 Å². The van der Waals surface area contributed by atoms with E-state index in [1.165, 1.54) is 5.39 Å². The largest absolute Gasteiger partial charge is 0.341 e. The third-order valence-electron chi connectivity index (χ3n) is 12.3. The number of aromatic amines is 2. The number of anilines is 1. The Kier molecular flexibility index (Phi) is 8.87. The number of H-pyrrole nitrogens is 2. The third-order valence-corrected chi connectivity index (χ3v) is 13.9. The molecule has 5 atom stereocenters. The van der Waals surface area contributed by atoms with Gasteiger partial charge in [0.2, 0.25) is 17.8 Å². The summed E-state index contributed by atoms with van der Waals surface area (Å²) in [6, 6.07) is 19.5. The number of imidazole rings is 2. The highest BCUT2D eigenvalue weighted by Gasteiger charge is 2.64. The maximum absolute atomic E-state index is 13.6. The van der Waals surface area contributed by atoms with Crippen LogP contribution >= 0.6 is 11.8 Å². The van der Waals surface area contributed by atoms with Crippen LogP contribution in [0.4, 0.5) is 5.95 Å². The fraction of sp³-hybridized carbons (Fsp3) is 0.476. The summed E-state index contributed by atoms with van der Waals surface area (Å²) in [4.78, 5) is 45.9. The number of nitrogens with one attached hydrogen (secondary N) is 2. The summed E-state index contributed by atoms with van der Waals surface area (Å²) in [5.74, 6) is 3.24. The van der Waals surface area contributed by atoms with E-state index in [1.54, 1.807) is 0 Å². The highest BCUT2D eigenvalue weighted by Crippen LogP contribution is 2.66. The van der Waals surface area contributed by atoms with E-state index in [4.69, 9.17) is 9.97 Å². The average Bonchev–Trinajstić information content (AvgIpc) is 3.53. The molecule has 3 saturated heterocycles. The van der Waals surface area contributed by atoms with Crippen LogP contribution in [0, 0.1) is 29.6 Å². The first kappa shape index (κ1) is 34.8. The number of aromatic nitrogens is 4. The van der Waals surface area contributed by atoms with Crippen molar-refractivity contribution in [3.63, 3.8) is 0 Å². The third kappa shape index (κ3) is 5.96. The smallest absolute Gasteiger partial charge is 0.244 e. The number of benzene rings is 3. The number of thioether (sulfide) groups is 1. The number of likely N-dealkylation sites (tertiary alicyclic amines) is 1. The minimum Gasteiger partial charge on any atom is -0.341 e. The number of hydrogen-bond acceptors (Lipinski definition) is 6. The average molecular weight is 718 g/mol. The molecule has 5 unspecified atom stereocenters. The first-order valence-electron chi connectivity index (χ1n) is 19.1. The molecule has 0 radical (unpaired) electrons. The molecule has 52 heavy (non-hydrogen) atoms. The van der Waals surface area contributed by atoms with Gasteiger partial charge < -0.3 is 14.9 Å². The first-order chi connectivity index (χ1) is 24.9. The van der Waals surface area contributed by atoms with Crippen molar-refractivity contribution in [1.82, 2.24) is 29.8 Å². The van der Waals surface area contributed by atoms with Crippen LogP contribution in [-0.2, 0) is 14.3 Å². The number of piperidine rings is 1. The van der Waals surface area contributed by atoms with Gasteiger partial charge in [0, 0.05) is 37.0 Å². The minimum absolute atomic E-state index is 0.0196. The first-order valence-corrected chi connectivity index (χ1v) is 20.0. The molecular formula is C42H51N7O2S. The minimum atomic E-state index is -0.132.